The molecule has 2 aromatic rings. The topological polar surface area (TPSA) is 65.5 Å². The fourth-order valence-electron chi connectivity index (χ4n) is 2.89. The van der Waals surface area contributed by atoms with Crippen LogP contribution >= 0.6 is 0 Å². The Morgan fingerprint density at radius 2 is 1.71 bits per heavy atom. The first kappa shape index (κ1) is 21.5. The lowest BCUT2D eigenvalue weighted by atomic mass is 10.1. The molecule has 0 aliphatic heterocycles. The lowest BCUT2D eigenvalue weighted by molar-refractivity contribution is 0.0939. The molecule has 28 heavy (non-hydrogen) atoms. The lowest BCUT2D eigenvalue weighted by Crippen LogP contribution is -2.36. The van der Waals surface area contributed by atoms with Crippen molar-refractivity contribution in [2.45, 2.75) is 52.7 Å². The molecule has 5 heteroatoms. The van der Waals surface area contributed by atoms with Crippen molar-refractivity contribution < 1.29 is 4.79 Å². The van der Waals surface area contributed by atoms with Gasteiger partial charge in [-0.2, -0.15) is 0 Å². The number of hydrogen-bond donors (Lipinski definition) is 3. The summed E-state index contributed by atoms with van der Waals surface area (Å²) in [5.41, 5.74) is 4.33. The molecule has 0 aliphatic rings. The molecule has 2 rings (SSSR count). The summed E-state index contributed by atoms with van der Waals surface area (Å²) in [4.78, 5) is 16.6. The van der Waals surface area contributed by atoms with Crippen molar-refractivity contribution in [1.29, 1.82) is 0 Å². The number of benzene rings is 2. The number of aryl methyl sites for hydroxylation is 1. The molecule has 0 bridgehead atoms. The third-order valence-corrected chi connectivity index (χ3v) is 4.81. The van der Waals surface area contributed by atoms with Crippen LogP contribution in [0.15, 0.2) is 53.5 Å². The Hall–Kier alpha value is -2.82. The highest BCUT2D eigenvalue weighted by molar-refractivity contribution is 5.94. The van der Waals surface area contributed by atoms with Gasteiger partial charge in [0.25, 0.3) is 5.91 Å². The first-order valence-electron chi connectivity index (χ1n) is 9.98. The molecule has 1 amide bonds. The predicted molar refractivity (Wildman–Crippen MR) is 117 cm³/mol. The Labute approximate surface area is 168 Å². The molecule has 1 unspecified atom stereocenters. The molecule has 0 spiro atoms. The maximum absolute atomic E-state index is 12.3. The van der Waals surface area contributed by atoms with Crippen LogP contribution in [0.2, 0.25) is 0 Å². The molecule has 3 N–H and O–H groups in total. The van der Waals surface area contributed by atoms with Gasteiger partial charge in [0.05, 0.1) is 0 Å². The first-order valence-corrected chi connectivity index (χ1v) is 9.98. The molecular formula is C23H32N4O. The number of rotatable bonds is 8. The smallest absolute Gasteiger partial charge is 0.251 e. The van der Waals surface area contributed by atoms with E-state index < -0.39 is 0 Å². The molecule has 0 saturated heterocycles. The van der Waals surface area contributed by atoms with E-state index in [-0.39, 0.29) is 11.9 Å². The predicted octanol–water partition coefficient (Wildman–Crippen LogP) is 3.64. The SMILES string of the molecule is CCc1ccccc1CNC(=NC)NCc1cccc(C(=O)NC(C)CC)c1. The standard InChI is InChI=1S/C23H32N4O/c1-5-17(3)27-22(28)20-13-9-10-18(14-20)15-25-23(24-4)26-16-21-12-8-7-11-19(21)6-2/h7-14,17H,5-6,15-16H2,1-4H3,(H,27,28)(H2,24,25,26). The van der Waals surface area contributed by atoms with E-state index in [9.17, 15) is 4.79 Å². The van der Waals surface area contributed by atoms with Crippen LogP contribution in [0.4, 0.5) is 0 Å². The summed E-state index contributed by atoms with van der Waals surface area (Å²) in [5.74, 6) is 0.704. The Kier molecular flexibility index (Phi) is 8.53. The van der Waals surface area contributed by atoms with Gasteiger partial charge in [0, 0.05) is 31.7 Å². The van der Waals surface area contributed by atoms with E-state index in [1.165, 1.54) is 11.1 Å². The molecule has 0 aromatic heterocycles. The van der Waals surface area contributed by atoms with Crippen molar-refractivity contribution in [3.8, 4) is 0 Å². The number of guanidine groups is 1. The van der Waals surface area contributed by atoms with Crippen molar-refractivity contribution in [3.63, 3.8) is 0 Å². The van der Waals surface area contributed by atoms with Gasteiger partial charge in [-0.1, -0.05) is 50.2 Å². The molecule has 2 aromatic carbocycles. The van der Waals surface area contributed by atoms with Crippen LogP contribution in [-0.2, 0) is 19.5 Å². The maximum atomic E-state index is 12.3. The lowest BCUT2D eigenvalue weighted by Gasteiger charge is -2.15. The van der Waals surface area contributed by atoms with Gasteiger partial charge in [-0.05, 0) is 48.6 Å². The van der Waals surface area contributed by atoms with E-state index in [4.69, 9.17) is 0 Å². The minimum atomic E-state index is -0.0325. The van der Waals surface area contributed by atoms with Gasteiger partial charge in [-0.25, -0.2) is 0 Å². The second-order valence-corrected chi connectivity index (χ2v) is 6.88. The summed E-state index contributed by atoms with van der Waals surface area (Å²) >= 11 is 0. The maximum Gasteiger partial charge on any atom is 0.251 e. The third-order valence-electron chi connectivity index (χ3n) is 4.81. The van der Waals surface area contributed by atoms with E-state index >= 15 is 0 Å². The van der Waals surface area contributed by atoms with Crippen LogP contribution in [-0.4, -0.2) is 25.0 Å². The molecule has 0 aliphatic carbocycles. The average Bonchev–Trinajstić information content (AvgIpc) is 2.74. The number of carbonyl (C=O) groups excluding carboxylic acids is 1. The summed E-state index contributed by atoms with van der Waals surface area (Å²) in [7, 11) is 1.76. The zero-order valence-electron chi connectivity index (χ0n) is 17.4. The highest BCUT2D eigenvalue weighted by atomic mass is 16.1. The van der Waals surface area contributed by atoms with Crippen molar-refractivity contribution >= 4 is 11.9 Å². The van der Waals surface area contributed by atoms with E-state index in [1.807, 2.05) is 31.2 Å². The van der Waals surface area contributed by atoms with E-state index in [0.29, 0.717) is 12.1 Å². The van der Waals surface area contributed by atoms with Gasteiger partial charge in [0.15, 0.2) is 5.96 Å². The second kappa shape index (κ2) is 11.1. The van der Waals surface area contributed by atoms with Crippen LogP contribution in [0.1, 0.15) is 54.2 Å². The summed E-state index contributed by atoms with van der Waals surface area (Å²) in [5, 5.41) is 9.68. The summed E-state index contributed by atoms with van der Waals surface area (Å²) in [6, 6.07) is 16.3. The van der Waals surface area contributed by atoms with Gasteiger partial charge in [-0.3, -0.25) is 9.79 Å². The minimum Gasteiger partial charge on any atom is -0.352 e. The fraction of sp³-hybridized carbons (Fsp3) is 0.391. The third kappa shape index (κ3) is 6.41. The van der Waals surface area contributed by atoms with Crippen molar-refractivity contribution in [1.82, 2.24) is 16.0 Å². The summed E-state index contributed by atoms with van der Waals surface area (Å²) in [6.45, 7) is 7.55. The van der Waals surface area contributed by atoms with E-state index in [1.54, 1.807) is 7.05 Å². The molecule has 0 fully saturated rings. The number of nitrogens with zero attached hydrogens (tertiary/aromatic N) is 1. The number of amides is 1. The molecule has 150 valence electrons. The Balaban J connectivity index is 1.93. The molecular weight excluding hydrogens is 348 g/mol. The van der Waals surface area contributed by atoms with Gasteiger partial charge in [0.2, 0.25) is 0 Å². The molecule has 1 atom stereocenters. The molecule has 0 saturated carbocycles. The largest absolute Gasteiger partial charge is 0.352 e. The van der Waals surface area contributed by atoms with Crippen LogP contribution < -0.4 is 16.0 Å². The molecule has 0 heterocycles. The average molecular weight is 381 g/mol. The monoisotopic (exact) mass is 380 g/mol. The zero-order chi connectivity index (χ0) is 20.4. The summed E-state index contributed by atoms with van der Waals surface area (Å²) in [6.07, 6.45) is 1.92. The zero-order valence-corrected chi connectivity index (χ0v) is 17.4. The second-order valence-electron chi connectivity index (χ2n) is 6.88. The molecule has 5 nitrogen and oxygen atoms in total. The highest BCUT2D eigenvalue weighted by Crippen LogP contribution is 2.09. The Morgan fingerprint density at radius 3 is 2.39 bits per heavy atom. The Bertz CT molecular complexity index is 801. The number of hydrogen-bond acceptors (Lipinski definition) is 2. The quantitative estimate of drug-likeness (QED) is 0.484. The Morgan fingerprint density at radius 1 is 1.00 bits per heavy atom. The van der Waals surface area contributed by atoms with Crippen LogP contribution in [0.25, 0.3) is 0 Å². The number of carbonyl (C=O) groups is 1. The number of aliphatic imine (C=N–C) groups is 1. The van der Waals surface area contributed by atoms with Gasteiger partial charge < -0.3 is 16.0 Å². The van der Waals surface area contributed by atoms with Gasteiger partial charge in [-0.15, -0.1) is 0 Å². The van der Waals surface area contributed by atoms with Crippen molar-refractivity contribution in [3.05, 3.63) is 70.8 Å². The number of nitrogens with one attached hydrogen (secondary N) is 3. The van der Waals surface area contributed by atoms with E-state index in [0.717, 1.165) is 30.9 Å². The van der Waals surface area contributed by atoms with Gasteiger partial charge >= 0.3 is 0 Å². The van der Waals surface area contributed by atoms with Crippen LogP contribution in [0, 0.1) is 0 Å². The van der Waals surface area contributed by atoms with Crippen LogP contribution in [0.3, 0.4) is 0 Å². The van der Waals surface area contributed by atoms with Crippen LogP contribution in [0.5, 0.6) is 0 Å². The first-order chi connectivity index (χ1) is 13.6. The normalized spacial score (nSPS) is 12.4. The van der Waals surface area contributed by atoms with Gasteiger partial charge in [0.1, 0.15) is 0 Å². The van der Waals surface area contributed by atoms with Crippen molar-refractivity contribution in [2.24, 2.45) is 4.99 Å². The highest BCUT2D eigenvalue weighted by Gasteiger charge is 2.09. The molecule has 0 radical (unpaired) electrons. The summed E-state index contributed by atoms with van der Waals surface area (Å²) < 4.78 is 0. The van der Waals surface area contributed by atoms with Crippen molar-refractivity contribution in [2.75, 3.05) is 7.05 Å². The van der Waals surface area contributed by atoms with E-state index in [2.05, 4.69) is 59.1 Å². The minimum absolute atomic E-state index is 0.0325. The fourth-order valence-corrected chi connectivity index (χ4v) is 2.89.